The number of nitrogens with zero attached hydrogens (tertiary/aromatic N) is 1. The maximum absolute atomic E-state index is 11.3. The van der Waals surface area contributed by atoms with Crippen molar-refractivity contribution in [1.82, 2.24) is 0 Å². The largest absolute Gasteiger partial charge is 0.380 e. The highest BCUT2D eigenvalue weighted by molar-refractivity contribution is 6.30. The molecule has 6 heteroatoms. The summed E-state index contributed by atoms with van der Waals surface area (Å²) in [6, 6.07) is 12.6. The number of nitro benzene ring substituents is 1. The summed E-state index contributed by atoms with van der Waals surface area (Å²) in [6.45, 7) is 2.99. The summed E-state index contributed by atoms with van der Waals surface area (Å²) in [5.74, 6) is 0. The first-order valence-corrected chi connectivity index (χ1v) is 6.99. The molecular formula is C15H16ClN3O2. The van der Waals surface area contributed by atoms with Crippen LogP contribution in [0.2, 0.25) is 5.02 Å². The van der Waals surface area contributed by atoms with E-state index in [1.54, 1.807) is 24.3 Å². The number of hydrogen-bond acceptors (Lipinski definition) is 4. The number of benzene rings is 2. The van der Waals surface area contributed by atoms with Crippen molar-refractivity contribution in [2.75, 3.05) is 17.2 Å². The SMILES string of the molecule is CCNc1cccc(NCc2cccc(Cl)c2)c1[N+](=O)[O-]. The molecule has 2 aromatic rings. The molecule has 0 saturated heterocycles. The lowest BCUT2D eigenvalue weighted by Crippen LogP contribution is -2.06. The molecule has 0 heterocycles. The first-order chi connectivity index (χ1) is 10.1. The van der Waals surface area contributed by atoms with Crippen LogP contribution in [-0.4, -0.2) is 11.5 Å². The van der Waals surface area contributed by atoms with Crippen LogP contribution in [0.1, 0.15) is 12.5 Å². The minimum atomic E-state index is -0.377. The van der Waals surface area contributed by atoms with Gasteiger partial charge in [-0.05, 0) is 36.8 Å². The summed E-state index contributed by atoms with van der Waals surface area (Å²) >= 11 is 5.93. The number of nitro groups is 1. The zero-order valence-corrected chi connectivity index (χ0v) is 12.4. The second-order valence-electron chi connectivity index (χ2n) is 4.47. The van der Waals surface area contributed by atoms with Gasteiger partial charge in [-0.25, -0.2) is 0 Å². The van der Waals surface area contributed by atoms with E-state index in [1.807, 2.05) is 25.1 Å². The van der Waals surface area contributed by atoms with Crippen molar-refractivity contribution in [3.63, 3.8) is 0 Å². The Balaban J connectivity index is 2.23. The van der Waals surface area contributed by atoms with Crippen molar-refractivity contribution in [2.24, 2.45) is 0 Å². The second-order valence-corrected chi connectivity index (χ2v) is 4.91. The number of rotatable bonds is 6. The number of para-hydroxylation sites is 1. The van der Waals surface area contributed by atoms with Gasteiger partial charge in [0.2, 0.25) is 0 Å². The Morgan fingerprint density at radius 3 is 2.43 bits per heavy atom. The van der Waals surface area contributed by atoms with Gasteiger partial charge in [-0.3, -0.25) is 10.1 Å². The van der Waals surface area contributed by atoms with E-state index in [2.05, 4.69) is 10.6 Å². The van der Waals surface area contributed by atoms with Gasteiger partial charge in [0.25, 0.3) is 0 Å². The highest BCUT2D eigenvalue weighted by Gasteiger charge is 2.18. The fourth-order valence-electron chi connectivity index (χ4n) is 2.06. The molecular weight excluding hydrogens is 290 g/mol. The standard InChI is InChI=1S/C15H16ClN3O2/c1-2-17-13-7-4-8-14(15(13)19(20)21)18-10-11-5-3-6-12(16)9-11/h3-9,17-18H,2,10H2,1H3. The quantitative estimate of drug-likeness (QED) is 0.617. The Kier molecular flexibility index (Phi) is 5.00. The Hall–Kier alpha value is -2.27. The molecule has 0 aromatic heterocycles. The molecule has 2 aromatic carbocycles. The summed E-state index contributed by atoms with van der Waals surface area (Å²) < 4.78 is 0. The van der Waals surface area contributed by atoms with Gasteiger partial charge in [0, 0.05) is 18.1 Å². The smallest absolute Gasteiger partial charge is 0.315 e. The lowest BCUT2D eigenvalue weighted by Gasteiger charge is -2.11. The van der Waals surface area contributed by atoms with E-state index in [0.29, 0.717) is 29.5 Å². The molecule has 110 valence electrons. The van der Waals surface area contributed by atoms with E-state index < -0.39 is 0 Å². The summed E-state index contributed by atoms with van der Waals surface area (Å²) in [4.78, 5) is 10.9. The molecule has 2 N–H and O–H groups in total. The van der Waals surface area contributed by atoms with E-state index in [9.17, 15) is 10.1 Å². The van der Waals surface area contributed by atoms with Crippen LogP contribution in [0.25, 0.3) is 0 Å². The van der Waals surface area contributed by atoms with Crippen molar-refractivity contribution in [3.8, 4) is 0 Å². The molecule has 0 atom stereocenters. The lowest BCUT2D eigenvalue weighted by atomic mass is 10.2. The fourth-order valence-corrected chi connectivity index (χ4v) is 2.27. The third-order valence-electron chi connectivity index (χ3n) is 2.96. The van der Waals surface area contributed by atoms with Crippen molar-refractivity contribution in [1.29, 1.82) is 0 Å². The average molecular weight is 306 g/mol. The van der Waals surface area contributed by atoms with Crippen LogP contribution in [0, 0.1) is 10.1 Å². The number of halogens is 1. The zero-order chi connectivity index (χ0) is 15.2. The van der Waals surface area contributed by atoms with Gasteiger partial charge < -0.3 is 10.6 Å². The predicted molar refractivity (Wildman–Crippen MR) is 86.0 cm³/mol. The number of nitrogens with one attached hydrogen (secondary N) is 2. The molecule has 0 unspecified atom stereocenters. The molecule has 0 fully saturated rings. The first-order valence-electron chi connectivity index (χ1n) is 6.61. The minimum absolute atomic E-state index is 0.0568. The Bertz CT molecular complexity index is 647. The molecule has 0 aliphatic carbocycles. The Labute approximate surface area is 128 Å². The molecule has 0 spiro atoms. The molecule has 21 heavy (non-hydrogen) atoms. The molecule has 0 saturated carbocycles. The maximum Gasteiger partial charge on any atom is 0.315 e. The molecule has 2 rings (SSSR count). The molecule has 0 radical (unpaired) electrons. The van der Waals surface area contributed by atoms with Gasteiger partial charge in [-0.2, -0.15) is 0 Å². The average Bonchev–Trinajstić information content (AvgIpc) is 2.45. The summed E-state index contributed by atoms with van der Waals surface area (Å²) in [5.41, 5.74) is 2.02. The molecule has 0 bridgehead atoms. The van der Waals surface area contributed by atoms with Crippen LogP contribution in [0.5, 0.6) is 0 Å². The van der Waals surface area contributed by atoms with E-state index in [4.69, 9.17) is 11.6 Å². The Morgan fingerprint density at radius 2 is 1.81 bits per heavy atom. The van der Waals surface area contributed by atoms with Gasteiger partial charge in [-0.1, -0.05) is 29.8 Å². The lowest BCUT2D eigenvalue weighted by molar-refractivity contribution is -0.383. The van der Waals surface area contributed by atoms with E-state index >= 15 is 0 Å². The molecule has 0 aliphatic rings. The van der Waals surface area contributed by atoms with Crippen molar-refractivity contribution >= 4 is 28.7 Å². The highest BCUT2D eigenvalue weighted by Crippen LogP contribution is 2.33. The summed E-state index contributed by atoms with van der Waals surface area (Å²) in [5, 5.41) is 18.0. The minimum Gasteiger partial charge on any atom is -0.380 e. The highest BCUT2D eigenvalue weighted by atomic mass is 35.5. The van der Waals surface area contributed by atoms with Gasteiger partial charge in [0.15, 0.2) is 0 Å². The number of anilines is 2. The van der Waals surface area contributed by atoms with E-state index in [0.717, 1.165) is 5.56 Å². The first kappa shape index (κ1) is 15.1. The molecule has 5 nitrogen and oxygen atoms in total. The van der Waals surface area contributed by atoms with Gasteiger partial charge in [-0.15, -0.1) is 0 Å². The number of hydrogen-bond donors (Lipinski definition) is 2. The summed E-state index contributed by atoms with van der Waals surface area (Å²) in [7, 11) is 0. The van der Waals surface area contributed by atoms with E-state index in [1.165, 1.54) is 0 Å². The van der Waals surface area contributed by atoms with Crippen LogP contribution in [0.15, 0.2) is 42.5 Å². The van der Waals surface area contributed by atoms with Crippen molar-refractivity contribution in [2.45, 2.75) is 13.5 Å². The molecule has 0 aliphatic heterocycles. The predicted octanol–water partition coefficient (Wildman–Crippen LogP) is 4.29. The maximum atomic E-state index is 11.3. The molecule has 0 amide bonds. The summed E-state index contributed by atoms with van der Waals surface area (Å²) in [6.07, 6.45) is 0. The third-order valence-corrected chi connectivity index (χ3v) is 3.19. The topological polar surface area (TPSA) is 67.2 Å². The van der Waals surface area contributed by atoms with Crippen LogP contribution >= 0.6 is 11.6 Å². The fraction of sp³-hybridized carbons (Fsp3) is 0.200. The van der Waals surface area contributed by atoms with Crippen molar-refractivity contribution < 1.29 is 4.92 Å². The van der Waals surface area contributed by atoms with Gasteiger partial charge >= 0.3 is 5.69 Å². The van der Waals surface area contributed by atoms with Crippen LogP contribution in [-0.2, 0) is 6.54 Å². The normalized spacial score (nSPS) is 10.2. The van der Waals surface area contributed by atoms with Gasteiger partial charge in [0.05, 0.1) is 4.92 Å². The van der Waals surface area contributed by atoms with Crippen LogP contribution in [0.4, 0.5) is 17.1 Å². The van der Waals surface area contributed by atoms with Crippen LogP contribution < -0.4 is 10.6 Å². The third kappa shape index (κ3) is 3.86. The second kappa shape index (κ2) is 6.95. The Morgan fingerprint density at radius 1 is 1.14 bits per heavy atom. The zero-order valence-electron chi connectivity index (χ0n) is 11.6. The van der Waals surface area contributed by atoms with Crippen LogP contribution in [0.3, 0.4) is 0 Å². The monoisotopic (exact) mass is 305 g/mol. The van der Waals surface area contributed by atoms with E-state index in [-0.39, 0.29) is 10.6 Å². The van der Waals surface area contributed by atoms with Gasteiger partial charge in [0.1, 0.15) is 11.4 Å². The van der Waals surface area contributed by atoms with Crippen molar-refractivity contribution in [3.05, 3.63) is 63.2 Å².